The number of pyridine rings is 1. The van der Waals surface area contributed by atoms with Crippen LogP contribution in [0.2, 0.25) is 0 Å². The van der Waals surface area contributed by atoms with Gasteiger partial charge in [-0.2, -0.15) is 4.98 Å². The molecule has 2 heterocycles. The molecule has 4 heteroatoms. The molecule has 2 rings (SSSR count). The van der Waals surface area contributed by atoms with Gasteiger partial charge in [-0.1, -0.05) is 6.07 Å². The van der Waals surface area contributed by atoms with Crippen LogP contribution in [0.15, 0.2) is 18.2 Å². The first kappa shape index (κ1) is 12.2. The van der Waals surface area contributed by atoms with E-state index in [1.807, 2.05) is 25.1 Å². The highest BCUT2D eigenvalue weighted by Gasteiger charge is 2.13. The second-order valence-electron chi connectivity index (χ2n) is 4.27. The van der Waals surface area contributed by atoms with E-state index in [1.165, 1.54) is 12.8 Å². The maximum atomic E-state index is 5.70. The van der Waals surface area contributed by atoms with Crippen LogP contribution in [0.3, 0.4) is 0 Å². The molecule has 0 aliphatic carbocycles. The number of aromatic nitrogens is 1. The molecule has 1 aliphatic rings. The van der Waals surface area contributed by atoms with E-state index in [1.54, 1.807) is 0 Å². The van der Waals surface area contributed by atoms with Crippen molar-refractivity contribution in [1.29, 1.82) is 0 Å². The van der Waals surface area contributed by atoms with Gasteiger partial charge in [0.1, 0.15) is 0 Å². The number of rotatable bonds is 5. The van der Waals surface area contributed by atoms with Crippen LogP contribution in [0.25, 0.3) is 0 Å². The molecule has 1 N–H and O–H groups in total. The summed E-state index contributed by atoms with van der Waals surface area (Å²) < 4.78 is 11.0. The number of hydrogen-bond donors (Lipinski definition) is 1. The summed E-state index contributed by atoms with van der Waals surface area (Å²) in [5.41, 5.74) is 0. The van der Waals surface area contributed by atoms with Crippen LogP contribution < -0.4 is 14.8 Å². The van der Waals surface area contributed by atoms with Gasteiger partial charge in [-0.15, -0.1) is 0 Å². The Morgan fingerprint density at radius 3 is 2.88 bits per heavy atom. The molecule has 0 radical (unpaired) electrons. The lowest BCUT2D eigenvalue weighted by atomic mass is 10.0. The molecule has 1 unspecified atom stereocenters. The number of piperidine rings is 1. The summed E-state index contributed by atoms with van der Waals surface area (Å²) in [6.07, 6.45) is 2.47. The molecule has 94 valence electrons. The van der Waals surface area contributed by atoms with E-state index in [9.17, 15) is 0 Å². The third kappa shape index (κ3) is 3.89. The van der Waals surface area contributed by atoms with E-state index in [4.69, 9.17) is 9.47 Å². The summed E-state index contributed by atoms with van der Waals surface area (Å²) >= 11 is 0. The van der Waals surface area contributed by atoms with Crippen molar-refractivity contribution in [3.05, 3.63) is 18.2 Å². The van der Waals surface area contributed by atoms with Crippen LogP contribution in [-0.2, 0) is 0 Å². The zero-order chi connectivity index (χ0) is 11.9. The van der Waals surface area contributed by atoms with E-state index in [0.717, 1.165) is 19.7 Å². The highest BCUT2D eigenvalue weighted by Crippen LogP contribution is 2.16. The van der Waals surface area contributed by atoms with Crippen molar-refractivity contribution in [2.75, 3.05) is 26.3 Å². The zero-order valence-corrected chi connectivity index (χ0v) is 10.3. The van der Waals surface area contributed by atoms with Gasteiger partial charge in [0.25, 0.3) is 0 Å². The van der Waals surface area contributed by atoms with Gasteiger partial charge in [0, 0.05) is 24.6 Å². The summed E-state index contributed by atoms with van der Waals surface area (Å²) in [6.45, 7) is 5.49. The van der Waals surface area contributed by atoms with Gasteiger partial charge in [-0.25, -0.2) is 0 Å². The molecule has 1 atom stereocenters. The molecule has 0 saturated carbocycles. The van der Waals surface area contributed by atoms with Gasteiger partial charge < -0.3 is 14.8 Å². The largest absolute Gasteiger partial charge is 0.478 e. The fraction of sp³-hybridized carbons (Fsp3) is 0.615. The van der Waals surface area contributed by atoms with Gasteiger partial charge in [-0.3, -0.25) is 0 Å². The second-order valence-corrected chi connectivity index (χ2v) is 4.27. The van der Waals surface area contributed by atoms with Crippen LogP contribution in [0.5, 0.6) is 11.8 Å². The lowest BCUT2D eigenvalue weighted by Crippen LogP contribution is -2.33. The highest BCUT2D eigenvalue weighted by atomic mass is 16.5. The lowest BCUT2D eigenvalue weighted by Gasteiger charge is -2.22. The Kier molecular flexibility index (Phi) is 4.62. The van der Waals surface area contributed by atoms with E-state index < -0.39 is 0 Å². The number of hydrogen-bond acceptors (Lipinski definition) is 4. The van der Waals surface area contributed by atoms with Gasteiger partial charge in [0.05, 0.1) is 13.2 Å². The summed E-state index contributed by atoms with van der Waals surface area (Å²) in [5.74, 6) is 1.88. The summed E-state index contributed by atoms with van der Waals surface area (Å²) in [6, 6.07) is 5.63. The molecule has 0 bridgehead atoms. The summed E-state index contributed by atoms with van der Waals surface area (Å²) in [4.78, 5) is 4.28. The number of nitrogens with zero attached hydrogens (tertiary/aromatic N) is 1. The van der Waals surface area contributed by atoms with Crippen molar-refractivity contribution in [3.63, 3.8) is 0 Å². The Balaban J connectivity index is 1.83. The molecule has 1 fully saturated rings. The normalized spacial score (nSPS) is 19.9. The molecule has 1 aliphatic heterocycles. The molecule has 0 spiro atoms. The molecule has 17 heavy (non-hydrogen) atoms. The van der Waals surface area contributed by atoms with Crippen LogP contribution in [0, 0.1) is 5.92 Å². The standard InChI is InChI=1S/C13H20N2O2/c1-2-16-12-6-3-7-13(15-12)17-10-11-5-4-8-14-9-11/h3,6-7,11,14H,2,4-5,8-10H2,1H3. The monoisotopic (exact) mass is 236 g/mol. The third-order valence-corrected chi connectivity index (χ3v) is 2.86. The highest BCUT2D eigenvalue weighted by molar-refractivity contribution is 5.19. The molecule has 0 amide bonds. The van der Waals surface area contributed by atoms with E-state index >= 15 is 0 Å². The second kappa shape index (κ2) is 6.45. The van der Waals surface area contributed by atoms with Gasteiger partial charge in [-0.05, 0) is 26.3 Å². The molecule has 0 aromatic carbocycles. The fourth-order valence-corrected chi connectivity index (χ4v) is 1.97. The molecule has 4 nitrogen and oxygen atoms in total. The minimum Gasteiger partial charge on any atom is -0.478 e. The van der Waals surface area contributed by atoms with Crippen molar-refractivity contribution in [1.82, 2.24) is 10.3 Å². The molecule has 1 aromatic rings. The summed E-state index contributed by atoms with van der Waals surface area (Å²) in [5, 5.41) is 3.38. The van der Waals surface area contributed by atoms with E-state index in [0.29, 0.717) is 24.3 Å². The molecule has 1 saturated heterocycles. The quantitative estimate of drug-likeness (QED) is 0.847. The average Bonchev–Trinajstić information content (AvgIpc) is 2.39. The zero-order valence-electron chi connectivity index (χ0n) is 10.3. The maximum Gasteiger partial charge on any atom is 0.216 e. The number of nitrogens with one attached hydrogen (secondary N) is 1. The first-order chi connectivity index (χ1) is 8.38. The van der Waals surface area contributed by atoms with E-state index in [-0.39, 0.29) is 0 Å². The molecule has 1 aromatic heterocycles. The smallest absolute Gasteiger partial charge is 0.216 e. The molecular formula is C13H20N2O2. The molecular weight excluding hydrogens is 216 g/mol. The van der Waals surface area contributed by atoms with Gasteiger partial charge in [0.15, 0.2) is 0 Å². The Bertz CT molecular complexity index is 338. The maximum absolute atomic E-state index is 5.70. The van der Waals surface area contributed by atoms with Crippen molar-refractivity contribution >= 4 is 0 Å². The van der Waals surface area contributed by atoms with Crippen molar-refractivity contribution in [2.24, 2.45) is 5.92 Å². The fourth-order valence-electron chi connectivity index (χ4n) is 1.97. The minimum atomic E-state index is 0.598. The third-order valence-electron chi connectivity index (χ3n) is 2.86. The average molecular weight is 236 g/mol. The Morgan fingerprint density at radius 2 is 2.18 bits per heavy atom. The van der Waals surface area contributed by atoms with Gasteiger partial charge >= 0.3 is 0 Å². The van der Waals surface area contributed by atoms with Crippen LogP contribution in [0.4, 0.5) is 0 Å². The van der Waals surface area contributed by atoms with E-state index in [2.05, 4.69) is 10.3 Å². The Labute approximate surface area is 102 Å². The van der Waals surface area contributed by atoms with Gasteiger partial charge in [0.2, 0.25) is 11.8 Å². The minimum absolute atomic E-state index is 0.598. The first-order valence-corrected chi connectivity index (χ1v) is 6.32. The number of ether oxygens (including phenoxy) is 2. The van der Waals surface area contributed by atoms with Crippen molar-refractivity contribution < 1.29 is 9.47 Å². The van der Waals surface area contributed by atoms with Crippen molar-refractivity contribution in [2.45, 2.75) is 19.8 Å². The van der Waals surface area contributed by atoms with Crippen LogP contribution in [0.1, 0.15) is 19.8 Å². The first-order valence-electron chi connectivity index (χ1n) is 6.32. The Hall–Kier alpha value is -1.29. The Morgan fingerprint density at radius 1 is 1.35 bits per heavy atom. The predicted molar refractivity (Wildman–Crippen MR) is 66.5 cm³/mol. The topological polar surface area (TPSA) is 43.4 Å². The van der Waals surface area contributed by atoms with Crippen LogP contribution in [-0.4, -0.2) is 31.3 Å². The lowest BCUT2D eigenvalue weighted by molar-refractivity contribution is 0.209. The predicted octanol–water partition coefficient (Wildman–Crippen LogP) is 1.86. The van der Waals surface area contributed by atoms with Crippen LogP contribution >= 0.6 is 0 Å². The SMILES string of the molecule is CCOc1cccc(OCC2CCCNC2)n1. The van der Waals surface area contributed by atoms with Crippen molar-refractivity contribution in [3.8, 4) is 11.8 Å². The summed E-state index contributed by atoms with van der Waals surface area (Å²) in [7, 11) is 0.